The smallest absolute Gasteiger partial charge is 0.326 e. The number of nitrogens with one attached hydrogen (secondary N) is 1. The number of aromatic nitrogens is 2. The molecule has 0 spiro atoms. The van der Waals surface area contributed by atoms with E-state index in [1.165, 1.54) is 24.5 Å². The highest BCUT2D eigenvalue weighted by Crippen LogP contribution is 2.37. The van der Waals surface area contributed by atoms with Crippen molar-refractivity contribution < 1.29 is 23.9 Å². The summed E-state index contributed by atoms with van der Waals surface area (Å²) in [6.07, 6.45) is 2.89. The van der Waals surface area contributed by atoms with Crippen LogP contribution < -0.4 is 24.4 Å². The Morgan fingerprint density at radius 2 is 1.87 bits per heavy atom. The van der Waals surface area contributed by atoms with Gasteiger partial charge >= 0.3 is 6.03 Å². The lowest BCUT2D eigenvalue weighted by Crippen LogP contribution is -2.38. The van der Waals surface area contributed by atoms with E-state index in [1.807, 2.05) is 6.07 Å². The van der Waals surface area contributed by atoms with E-state index in [4.69, 9.17) is 25.8 Å². The molecule has 0 aliphatic carbocycles. The number of amides is 2. The Hall–Kier alpha value is -4.64. The average molecular weight is 536 g/mol. The van der Waals surface area contributed by atoms with Crippen molar-refractivity contribution in [3.05, 3.63) is 75.6 Å². The molecule has 2 amide bonds. The first-order valence-corrected chi connectivity index (χ1v) is 12.0. The zero-order chi connectivity index (χ0) is 26.8. The molecule has 2 heterocycles. The Morgan fingerprint density at radius 3 is 2.63 bits per heavy atom. The van der Waals surface area contributed by atoms with E-state index in [0.29, 0.717) is 40.6 Å². The molecule has 0 fully saturated rings. The Morgan fingerprint density at radius 1 is 1.08 bits per heavy atom. The summed E-state index contributed by atoms with van der Waals surface area (Å²) in [7, 11) is 3.10. The first-order valence-electron chi connectivity index (χ1n) is 11.6. The molecule has 1 aliphatic rings. The number of nitro benzene ring substituents is 1. The third kappa shape index (κ3) is 4.83. The van der Waals surface area contributed by atoms with Crippen molar-refractivity contribution in [3.8, 4) is 23.1 Å². The van der Waals surface area contributed by atoms with E-state index in [-0.39, 0.29) is 16.4 Å². The molecule has 11 nitrogen and oxygen atoms in total. The number of halogens is 1. The number of methoxy groups -OCH3 is 2. The minimum absolute atomic E-state index is 0.00195. The van der Waals surface area contributed by atoms with Crippen LogP contribution in [0, 0.1) is 10.1 Å². The second-order valence-corrected chi connectivity index (χ2v) is 8.81. The molecule has 0 bridgehead atoms. The van der Waals surface area contributed by atoms with Crippen LogP contribution in [-0.2, 0) is 6.42 Å². The molecule has 0 atom stereocenters. The number of rotatable bonds is 6. The van der Waals surface area contributed by atoms with Crippen LogP contribution in [0.25, 0.3) is 10.9 Å². The molecule has 38 heavy (non-hydrogen) atoms. The summed E-state index contributed by atoms with van der Waals surface area (Å²) in [5.74, 6) is 1.97. The summed E-state index contributed by atoms with van der Waals surface area (Å²) in [6, 6.07) is 12.7. The number of nitrogens with zero attached hydrogens (tertiary/aromatic N) is 4. The second-order valence-electron chi connectivity index (χ2n) is 8.40. The van der Waals surface area contributed by atoms with Crippen LogP contribution in [0.2, 0.25) is 5.02 Å². The van der Waals surface area contributed by atoms with Gasteiger partial charge in [-0.25, -0.2) is 14.8 Å². The van der Waals surface area contributed by atoms with E-state index in [1.54, 1.807) is 43.4 Å². The van der Waals surface area contributed by atoms with Crippen LogP contribution in [0.4, 0.5) is 21.9 Å². The van der Waals surface area contributed by atoms with Gasteiger partial charge in [-0.15, -0.1) is 0 Å². The highest BCUT2D eigenvalue weighted by molar-refractivity contribution is 6.32. The molecule has 0 saturated heterocycles. The first-order chi connectivity index (χ1) is 18.4. The van der Waals surface area contributed by atoms with Crippen LogP contribution in [0.15, 0.2) is 54.9 Å². The highest BCUT2D eigenvalue weighted by Gasteiger charge is 2.24. The maximum absolute atomic E-state index is 13.1. The number of hydrogen-bond acceptors (Lipinski definition) is 8. The fourth-order valence-electron chi connectivity index (χ4n) is 4.32. The van der Waals surface area contributed by atoms with E-state index in [0.717, 1.165) is 24.1 Å². The number of benzene rings is 3. The summed E-state index contributed by atoms with van der Waals surface area (Å²) in [4.78, 5) is 33.9. The Balaban J connectivity index is 1.39. The van der Waals surface area contributed by atoms with E-state index < -0.39 is 11.0 Å². The van der Waals surface area contributed by atoms with Crippen LogP contribution >= 0.6 is 11.6 Å². The Bertz CT molecular complexity index is 1560. The fourth-order valence-corrected chi connectivity index (χ4v) is 4.51. The van der Waals surface area contributed by atoms with Crippen LogP contribution in [0.3, 0.4) is 0 Å². The van der Waals surface area contributed by atoms with Gasteiger partial charge in [0.15, 0.2) is 11.5 Å². The summed E-state index contributed by atoms with van der Waals surface area (Å²) in [5.41, 5.74) is 2.28. The van der Waals surface area contributed by atoms with Gasteiger partial charge in [-0.2, -0.15) is 0 Å². The van der Waals surface area contributed by atoms with Crippen molar-refractivity contribution in [1.82, 2.24) is 9.97 Å². The molecule has 194 valence electrons. The largest absolute Gasteiger partial charge is 0.493 e. The molecule has 1 aliphatic heterocycles. The lowest BCUT2D eigenvalue weighted by Gasteiger charge is -2.30. The zero-order valence-corrected chi connectivity index (χ0v) is 21.2. The van der Waals surface area contributed by atoms with Crippen LogP contribution in [0.5, 0.6) is 23.1 Å². The van der Waals surface area contributed by atoms with Gasteiger partial charge in [0.1, 0.15) is 17.1 Å². The SMILES string of the molecule is COc1cc2ncnc(Oc3ccc4c(c3)CCCN4C(=O)Nc3ccc(Cl)c([N+](=O)[O-])c3)c2cc1OC. The molecule has 12 heteroatoms. The van der Waals surface area contributed by atoms with E-state index in [9.17, 15) is 14.9 Å². The van der Waals surface area contributed by atoms with Crippen molar-refractivity contribution in [3.63, 3.8) is 0 Å². The van der Waals surface area contributed by atoms with Gasteiger partial charge < -0.3 is 19.5 Å². The normalized spacial score (nSPS) is 12.6. The summed E-state index contributed by atoms with van der Waals surface area (Å²) in [5, 5.41) is 14.6. The van der Waals surface area contributed by atoms with Crippen LogP contribution in [0.1, 0.15) is 12.0 Å². The minimum Gasteiger partial charge on any atom is -0.493 e. The third-order valence-corrected chi connectivity index (χ3v) is 6.45. The first kappa shape index (κ1) is 25.0. The number of carbonyl (C=O) groups is 1. The molecule has 0 radical (unpaired) electrons. The quantitative estimate of drug-likeness (QED) is 0.235. The summed E-state index contributed by atoms with van der Waals surface area (Å²) in [6.45, 7) is 0.493. The van der Waals surface area contributed by atoms with Crippen molar-refractivity contribution >= 4 is 45.6 Å². The molecular formula is C26H22ClN5O6. The van der Waals surface area contributed by atoms with Gasteiger partial charge in [0, 0.05) is 30.1 Å². The van der Waals surface area contributed by atoms with Gasteiger partial charge in [-0.3, -0.25) is 15.0 Å². The lowest BCUT2D eigenvalue weighted by molar-refractivity contribution is -0.384. The van der Waals surface area contributed by atoms with Crippen molar-refractivity contribution in [1.29, 1.82) is 0 Å². The number of carbonyl (C=O) groups excluding carboxylic acids is 1. The standard InChI is InChI=1S/C26H22ClN5O6/c1-36-23-12-18-20(13-24(23)37-2)28-14-29-25(18)38-17-6-8-21-15(10-17)4-3-9-31(21)26(33)30-16-5-7-19(27)22(11-16)32(34)35/h5-8,10-14H,3-4,9H2,1-2H3,(H,30,33). The average Bonchev–Trinajstić information content (AvgIpc) is 2.92. The van der Waals surface area contributed by atoms with Gasteiger partial charge in [-0.1, -0.05) is 11.6 Å². The summed E-state index contributed by atoms with van der Waals surface area (Å²) < 4.78 is 16.9. The van der Waals surface area contributed by atoms with E-state index in [2.05, 4.69) is 15.3 Å². The molecule has 5 rings (SSSR count). The highest BCUT2D eigenvalue weighted by atomic mass is 35.5. The van der Waals surface area contributed by atoms with Crippen molar-refractivity contribution in [2.75, 3.05) is 31.0 Å². The monoisotopic (exact) mass is 535 g/mol. The van der Waals surface area contributed by atoms with Crippen molar-refractivity contribution in [2.24, 2.45) is 0 Å². The van der Waals surface area contributed by atoms with Crippen LogP contribution in [-0.4, -0.2) is 41.7 Å². The molecule has 1 N–H and O–H groups in total. The van der Waals surface area contributed by atoms with Gasteiger partial charge in [0.2, 0.25) is 5.88 Å². The van der Waals surface area contributed by atoms with Gasteiger partial charge in [-0.05, 0) is 54.8 Å². The van der Waals surface area contributed by atoms with Gasteiger partial charge in [0.05, 0.1) is 30.0 Å². The Labute approximate surface area is 222 Å². The molecular weight excluding hydrogens is 514 g/mol. The number of urea groups is 1. The number of anilines is 2. The molecule has 3 aromatic carbocycles. The maximum atomic E-state index is 13.1. The minimum atomic E-state index is -0.594. The Kier molecular flexibility index (Phi) is 6.84. The van der Waals surface area contributed by atoms with Crippen molar-refractivity contribution in [2.45, 2.75) is 12.8 Å². The third-order valence-electron chi connectivity index (χ3n) is 6.13. The number of aryl methyl sites for hydroxylation is 1. The lowest BCUT2D eigenvalue weighted by atomic mass is 10.0. The fraction of sp³-hybridized carbons (Fsp3) is 0.192. The summed E-state index contributed by atoms with van der Waals surface area (Å²) >= 11 is 5.88. The molecule has 0 unspecified atom stereocenters. The maximum Gasteiger partial charge on any atom is 0.326 e. The number of ether oxygens (including phenoxy) is 3. The zero-order valence-electron chi connectivity index (χ0n) is 20.4. The molecule has 0 saturated carbocycles. The topological polar surface area (TPSA) is 129 Å². The molecule has 4 aromatic rings. The van der Waals surface area contributed by atoms with E-state index >= 15 is 0 Å². The van der Waals surface area contributed by atoms with Gasteiger partial charge in [0.25, 0.3) is 5.69 Å². The predicted molar refractivity (Wildman–Crippen MR) is 142 cm³/mol. The second kappa shape index (κ2) is 10.4. The number of nitro groups is 1. The number of hydrogen-bond donors (Lipinski definition) is 1. The number of fused-ring (bicyclic) bond motifs is 2. The molecule has 1 aromatic heterocycles. The predicted octanol–water partition coefficient (Wildman–Crippen LogP) is 5.99.